The molecule has 4 unspecified atom stereocenters. The van der Waals surface area contributed by atoms with Crippen LogP contribution >= 0.6 is 0 Å². The number of hydrogen-bond donors (Lipinski definition) is 2. The molecule has 1 fully saturated rings. The highest BCUT2D eigenvalue weighted by atomic mass is 16.2. The average Bonchev–Trinajstić information content (AvgIpc) is 3.38. The summed E-state index contributed by atoms with van der Waals surface area (Å²) < 4.78 is 0. The smallest absolute Gasteiger partial charge is 0.323 e. The Bertz CT molecular complexity index is 1430. The Morgan fingerprint density at radius 1 is 0.700 bits per heavy atom. The van der Waals surface area contributed by atoms with Gasteiger partial charge in [0.25, 0.3) is 0 Å². The van der Waals surface area contributed by atoms with Gasteiger partial charge in [-0.3, -0.25) is 9.59 Å². The maximum absolute atomic E-state index is 14.4. The van der Waals surface area contributed by atoms with Crippen LogP contribution in [0.4, 0.5) is 10.5 Å². The van der Waals surface area contributed by atoms with E-state index in [2.05, 4.69) is 10.6 Å². The number of nitrogens with one attached hydrogen (secondary N) is 2. The summed E-state index contributed by atoms with van der Waals surface area (Å²) in [4.78, 5) is 44.2. The van der Waals surface area contributed by atoms with E-state index >= 15 is 0 Å². The van der Waals surface area contributed by atoms with Gasteiger partial charge in [-0.2, -0.15) is 0 Å². The summed E-state index contributed by atoms with van der Waals surface area (Å²) >= 11 is 0. The van der Waals surface area contributed by atoms with Crippen LogP contribution < -0.4 is 10.6 Å². The minimum absolute atomic E-state index is 0.105. The zero-order valence-corrected chi connectivity index (χ0v) is 22.4. The number of carbonyl (C=O) groups excluding carboxylic acids is 3. The Hall–Kier alpha value is -4.71. The Morgan fingerprint density at radius 3 is 1.80 bits per heavy atom. The van der Waals surface area contributed by atoms with Gasteiger partial charge in [0.2, 0.25) is 5.91 Å². The first kappa shape index (κ1) is 26.9. The van der Waals surface area contributed by atoms with Crippen LogP contribution in [0, 0.1) is 5.92 Å². The Labute approximate surface area is 235 Å². The van der Waals surface area contributed by atoms with Gasteiger partial charge in [0.05, 0.1) is 12.0 Å². The summed E-state index contributed by atoms with van der Waals surface area (Å²) in [6.07, 6.45) is 0.749. The molecule has 0 radical (unpaired) electrons. The molecule has 0 aromatic heterocycles. The third kappa shape index (κ3) is 5.52. The van der Waals surface area contributed by atoms with Gasteiger partial charge in [-0.05, 0) is 29.7 Å². The zero-order valence-electron chi connectivity index (χ0n) is 22.4. The summed E-state index contributed by atoms with van der Waals surface area (Å²) in [5.41, 5.74) is 2.80. The van der Waals surface area contributed by atoms with E-state index in [1.807, 2.05) is 104 Å². The predicted molar refractivity (Wildman–Crippen MR) is 157 cm³/mol. The van der Waals surface area contributed by atoms with Crippen molar-refractivity contribution in [3.05, 3.63) is 138 Å². The number of para-hydroxylation sites is 1. The number of amides is 3. The largest absolute Gasteiger partial charge is 0.354 e. The van der Waals surface area contributed by atoms with Crippen molar-refractivity contribution in [2.24, 2.45) is 5.92 Å². The topological polar surface area (TPSA) is 78.5 Å². The lowest BCUT2D eigenvalue weighted by Gasteiger charge is -2.31. The maximum atomic E-state index is 14.4. The van der Waals surface area contributed by atoms with Crippen molar-refractivity contribution in [3.63, 3.8) is 0 Å². The van der Waals surface area contributed by atoms with Crippen LogP contribution in [-0.2, 0) is 4.79 Å². The lowest BCUT2D eigenvalue weighted by atomic mass is 9.76. The Morgan fingerprint density at radius 2 is 1.23 bits per heavy atom. The SMILES string of the molecule is CCCNC(=O)C1C(c2ccccc2)C(C(=O)c2ccccc2)C(c2ccccc2)N1C(=O)Nc1ccccc1. The number of carbonyl (C=O) groups is 3. The first-order chi connectivity index (χ1) is 19.6. The first-order valence-electron chi connectivity index (χ1n) is 13.7. The molecule has 6 heteroatoms. The molecule has 2 N–H and O–H groups in total. The van der Waals surface area contributed by atoms with E-state index in [1.54, 1.807) is 29.2 Å². The minimum atomic E-state index is -0.916. The average molecular weight is 532 g/mol. The van der Waals surface area contributed by atoms with Gasteiger partial charge in [0, 0.05) is 23.7 Å². The molecule has 40 heavy (non-hydrogen) atoms. The molecule has 4 aromatic rings. The number of nitrogens with zero attached hydrogens (tertiary/aromatic N) is 1. The number of likely N-dealkylation sites (tertiary alicyclic amines) is 1. The fourth-order valence-corrected chi connectivity index (χ4v) is 5.70. The molecule has 0 saturated carbocycles. The molecule has 4 aromatic carbocycles. The number of Topliss-reactive ketones (excluding diaryl/α,β-unsaturated/α-hetero) is 1. The number of anilines is 1. The summed E-state index contributed by atoms with van der Waals surface area (Å²) in [7, 11) is 0. The van der Waals surface area contributed by atoms with Crippen molar-refractivity contribution in [3.8, 4) is 0 Å². The van der Waals surface area contributed by atoms with E-state index in [-0.39, 0.29) is 11.7 Å². The van der Waals surface area contributed by atoms with Crippen molar-refractivity contribution in [2.75, 3.05) is 11.9 Å². The molecule has 4 atom stereocenters. The molecule has 1 aliphatic rings. The highest BCUT2D eigenvalue weighted by molar-refractivity contribution is 6.03. The predicted octanol–water partition coefficient (Wildman–Crippen LogP) is 6.45. The van der Waals surface area contributed by atoms with E-state index in [9.17, 15) is 14.4 Å². The Kier molecular flexibility index (Phi) is 8.35. The molecular weight excluding hydrogens is 498 g/mol. The molecule has 6 nitrogen and oxygen atoms in total. The van der Waals surface area contributed by atoms with Crippen LogP contribution in [0.15, 0.2) is 121 Å². The number of hydrogen-bond acceptors (Lipinski definition) is 3. The molecule has 1 saturated heterocycles. The standard InChI is InChI=1S/C34H33N3O3/c1-2-23-35-33(39)31-28(24-15-7-3-8-16-24)29(32(38)26-19-11-5-12-20-26)30(25-17-9-4-10-18-25)37(31)34(40)36-27-21-13-6-14-22-27/h3-22,28-31H,2,23H2,1H3,(H,35,39)(H,36,40). The van der Waals surface area contributed by atoms with Crippen LogP contribution in [0.1, 0.15) is 46.8 Å². The van der Waals surface area contributed by atoms with E-state index in [1.165, 1.54) is 0 Å². The van der Waals surface area contributed by atoms with Crippen molar-refractivity contribution < 1.29 is 14.4 Å². The van der Waals surface area contributed by atoms with Crippen molar-refractivity contribution in [2.45, 2.75) is 31.3 Å². The second-order valence-electron chi connectivity index (χ2n) is 9.99. The highest BCUT2D eigenvalue weighted by Crippen LogP contribution is 2.51. The van der Waals surface area contributed by atoms with Crippen molar-refractivity contribution >= 4 is 23.4 Å². The molecule has 1 heterocycles. The summed E-state index contributed by atoms with van der Waals surface area (Å²) in [6.45, 7) is 2.45. The summed E-state index contributed by atoms with van der Waals surface area (Å²) in [5.74, 6) is -1.65. The minimum Gasteiger partial charge on any atom is -0.354 e. The third-order valence-electron chi connectivity index (χ3n) is 7.43. The lowest BCUT2D eigenvalue weighted by Crippen LogP contribution is -2.50. The summed E-state index contributed by atoms with van der Waals surface area (Å²) in [5, 5.41) is 6.01. The van der Waals surface area contributed by atoms with Gasteiger partial charge in [0.15, 0.2) is 5.78 Å². The van der Waals surface area contributed by atoms with Crippen LogP contribution in [0.5, 0.6) is 0 Å². The van der Waals surface area contributed by atoms with Gasteiger partial charge in [0.1, 0.15) is 6.04 Å². The van der Waals surface area contributed by atoms with Crippen LogP contribution in [0.2, 0.25) is 0 Å². The van der Waals surface area contributed by atoms with Crippen LogP contribution in [0.3, 0.4) is 0 Å². The second kappa shape index (κ2) is 12.4. The van der Waals surface area contributed by atoms with Crippen LogP contribution in [0.25, 0.3) is 0 Å². The lowest BCUT2D eigenvalue weighted by molar-refractivity contribution is -0.125. The van der Waals surface area contributed by atoms with E-state index in [4.69, 9.17) is 0 Å². The van der Waals surface area contributed by atoms with Gasteiger partial charge >= 0.3 is 6.03 Å². The van der Waals surface area contributed by atoms with E-state index in [0.717, 1.165) is 17.5 Å². The van der Waals surface area contributed by atoms with E-state index in [0.29, 0.717) is 17.8 Å². The Balaban J connectivity index is 1.72. The molecule has 5 rings (SSSR count). The van der Waals surface area contributed by atoms with Gasteiger partial charge in [-0.25, -0.2) is 4.79 Å². The van der Waals surface area contributed by atoms with Crippen molar-refractivity contribution in [1.29, 1.82) is 0 Å². The normalized spacial score (nSPS) is 20.1. The monoisotopic (exact) mass is 531 g/mol. The molecule has 0 aliphatic carbocycles. The van der Waals surface area contributed by atoms with Gasteiger partial charge in [-0.15, -0.1) is 0 Å². The molecule has 0 bridgehead atoms. The van der Waals surface area contributed by atoms with E-state index < -0.39 is 30.0 Å². The van der Waals surface area contributed by atoms with Crippen LogP contribution in [-0.4, -0.2) is 35.2 Å². The first-order valence-corrected chi connectivity index (χ1v) is 13.7. The second-order valence-corrected chi connectivity index (χ2v) is 9.99. The number of ketones is 1. The quantitative estimate of drug-likeness (QED) is 0.256. The number of benzene rings is 4. The fourth-order valence-electron chi connectivity index (χ4n) is 5.70. The molecule has 202 valence electrons. The zero-order chi connectivity index (χ0) is 27.9. The fraction of sp³-hybridized carbons (Fsp3) is 0.206. The maximum Gasteiger partial charge on any atom is 0.323 e. The highest BCUT2D eigenvalue weighted by Gasteiger charge is 2.57. The molecule has 3 amide bonds. The molecular formula is C34H33N3O3. The molecule has 0 spiro atoms. The summed E-state index contributed by atoms with van der Waals surface area (Å²) in [6, 6.07) is 35.4. The third-order valence-corrected chi connectivity index (χ3v) is 7.43. The van der Waals surface area contributed by atoms with Gasteiger partial charge < -0.3 is 15.5 Å². The molecule has 1 aliphatic heterocycles. The number of rotatable bonds is 8. The van der Waals surface area contributed by atoms with Gasteiger partial charge in [-0.1, -0.05) is 116 Å². The number of urea groups is 1. The van der Waals surface area contributed by atoms with Crippen molar-refractivity contribution in [1.82, 2.24) is 10.2 Å².